The van der Waals surface area contributed by atoms with Crippen LogP contribution >= 0.6 is 0 Å². The number of esters is 1. The quantitative estimate of drug-likeness (QED) is 0.475. The summed E-state index contributed by atoms with van der Waals surface area (Å²) in [6.45, 7) is 6.09. The van der Waals surface area contributed by atoms with Gasteiger partial charge in [-0.25, -0.2) is 13.1 Å². The van der Waals surface area contributed by atoms with Crippen LogP contribution in [-0.2, 0) is 24.3 Å². The highest BCUT2D eigenvalue weighted by Crippen LogP contribution is 1.98. The van der Waals surface area contributed by atoms with Gasteiger partial charge in [0.1, 0.15) is 0 Å². The van der Waals surface area contributed by atoms with E-state index in [1.54, 1.807) is 20.8 Å². The Morgan fingerprint density at radius 3 is 2.47 bits per heavy atom. The van der Waals surface area contributed by atoms with Crippen LogP contribution in [0.1, 0.15) is 20.8 Å². The van der Waals surface area contributed by atoms with Crippen molar-refractivity contribution >= 4 is 16.0 Å². The van der Waals surface area contributed by atoms with Crippen molar-refractivity contribution in [2.75, 3.05) is 32.1 Å². The first-order valence-electron chi connectivity index (χ1n) is 5.64. The Morgan fingerprint density at radius 2 is 1.94 bits per heavy atom. The van der Waals surface area contributed by atoms with E-state index in [0.717, 1.165) is 0 Å². The molecule has 0 aliphatic heterocycles. The predicted molar refractivity (Wildman–Crippen MR) is 64.1 cm³/mol. The maximum absolute atomic E-state index is 11.4. The first-order chi connectivity index (χ1) is 7.93. The standard InChI is InChI=1S/C10H21NO5S/c1-4-15-6-7-17(13,14)11-8-9(3)10(12)16-5-2/h9,11H,4-8H2,1-3H3/t9-/m0/s1. The smallest absolute Gasteiger partial charge is 0.309 e. The largest absolute Gasteiger partial charge is 0.466 e. The number of rotatable bonds is 9. The molecule has 0 unspecified atom stereocenters. The summed E-state index contributed by atoms with van der Waals surface area (Å²) < 4.78 is 35.0. The molecule has 0 spiro atoms. The lowest BCUT2D eigenvalue weighted by Crippen LogP contribution is -2.34. The van der Waals surface area contributed by atoms with E-state index in [0.29, 0.717) is 13.2 Å². The molecule has 0 amide bonds. The molecule has 0 aliphatic carbocycles. The molecule has 0 rings (SSSR count). The van der Waals surface area contributed by atoms with Crippen molar-refractivity contribution in [2.45, 2.75) is 20.8 Å². The van der Waals surface area contributed by atoms with Crippen LogP contribution in [0.25, 0.3) is 0 Å². The molecule has 17 heavy (non-hydrogen) atoms. The van der Waals surface area contributed by atoms with Gasteiger partial charge in [0.05, 0.1) is 24.9 Å². The Bertz CT molecular complexity index is 315. The second-order valence-corrected chi connectivity index (χ2v) is 5.44. The third kappa shape index (κ3) is 8.12. The molecule has 0 aliphatic rings. The molecular weight excluding hydrogens is 246 g/mol. The van der Waals surface area contributed by atoms with Gasteiger partial charge >= 0.3 is 5.97 Å². The lowest BCUT2D eigenvalue weighted by molar-refractivity contribution is -0.147. The molecule has 6 nitrogen and oxygen atoms in total. The molecule has 0 saturated heterocycles. The fourth-order valence-electron chi connectivity index (χ4n) is 1.00. The minimum Gasteiger partial charge on any atom is -0.466 e. The molecule has 0 aromatic carbocycles. The van der Waals surface area contributed by atoms with Gasteiger partial charge in [-0.2, -0.15) is 0 Å². The average Bonchev–Trinajstić information content (AvgIpc) is 2.26. The van der Waals surface area contributed by atoms with Gasteiger partial charge in [0.15, 0.2) is 0 Å². The number of nitrogens with one attached hydrogen (secondary N) is 1. The number of sulfonamides is 1. The maximum Gasteiger partial charge on any atom is 0.309 e. The van der Waals surface area contributed by atoms with Crippen molar-refractivity contribution in [1.29, 1.82) is 0 Å². The van der Waals surface area contributed by atoms with Crippen molar-refractivity contribution in [2.24, 2.45) is 5.92 Å². The van der Waals surface area contributed by atoms with E-state index >= 15 is 0 Å². The highest BCUT2D eigenvalue weighted by atomic mass is 32.2. The molecule has 0 fully saturated rings. The fraction of sp³-hybridized carbons (Fsp3) is 0.900. The first-order valence-corrected chi connectivity index (χ1v) is 7.29. The molecule has 0 bridgehead atoms. The minimum atomic E-state index is -3.38. The highest BCUT2D eigenvalue weighted by Gasteiger charge is 2.17. The number of ether oxygens (including phenoxy) is 2. The summed E-state index contributed by atoms with van der Waals surface area (Å²) in [5.41, 5.74) is 0. The molecule has 7 heteroatoms. The van der Waals surface area contributed by atoms with Crippen LogP contribution < -0.4 is 4.72 Å². The molecule has 1 N–H and O–H groups in total. The Labute approximate surface area is 103 Å². The van der Waals surface area contributed by atoms with Crippen molar-refractivity contribution in [3.63, 3.8) is 0 Å². The monoisotopic (exact) mass is 267 g/mol. The Balaban J connectivity index is 3.96. The molecule has 102 valence electrons. The summed E-state index contributed by atoms with van der Waals surface area (Å²) in [5, 5.41) is 0. The van der Waals surface area contributed by atoms with Gasteiger partial charge < -0.3 is 9.47 Å². The van der Waals surface area contributed by atoms with Crippen LogP contribution in [0.4, 0.5) is 0 Å². The zero-order valence-electron chi connectivity index (χ0n) is 10.6. The van der Waals surface area contributed by atoms with Gasteiger partial charge in [0.25, 0.3) is 0 Å². The van der Waals surface area contributed by atoms with Crippen LogP contribution in [0.15, 0.2) is 0 Å². The Hall–Kier alpha value is -0.660. The number of hydrogen-bond donors (Lipinski definition) is 1. The second-order valence-electron chi connectivity index (χ2n) is 3.52. The van der Waals surface area contributed by atoms with Gasteiger partial charge in [-0.1, -0.05) is 6.92 Å². The van der Waals surface area contributed by atoms with Crippen LogP contribution in [0.2, 0.25) is 0 Å². The van der Waals surface area contributed by atoms with Crippen LogP contribution in [0, 0.1) is 5.92 Å². The van der Waals surface area contributed by atoms with Crippen LogP contribution in [-0.4, -0.2) is 46.5 Å². The van der Waals surface area contributed by atoms with Crippen LogP contribution in [0.3, 0.4) is 0 Å². The van der Waals surface area contributed by atoms with Gasteiger partial charge in [-0.15, -0.1) is 0 Å². The molecule has 0 aromatic heterocycles. The Kier molecular flexibility index (Phi) is 8.11. The molecule has 0 aromatic rings. The number of hydrogen-bond acceptors (Lipinski definition) is 5. The normalized spacial score (nSPS) is 13.4. The Morgan fingerprint density at radius 1 is 1.29 bits per heavy atom. The average molecular weight is 267 g/mol. The SMILES string of the molecule is CCOCCS(=O)(=O)NC[C@H](C)C(=O)OCC. The van der Waals surface area contributed by atoms with Gasteiger partial charge in [-0.05, 0) is 13.8 Å². The zero-order chi connectivity index (χ0) is 13.3. The zero-order valence-corrected chi connectivity index (χ0v) is 11.4. The highest BCUT2D eigenvalue weighted by molar-refractivity contribution is 7.89. The van der Waals surface area contributed by atoms with Crippen molar-refractivity contribution in [1.82, 2.24) is 4.72 Å². The summed E-state index contributed by atoms with van der Waals surface area (Å²) in [5.74, 6) is -0.993. The van der Waals surface area contributed by atoms with Gasteiger partial charge in [0.2, 0.25) is 10.0 Å². The summed E-state index contributed by atoms with van der Waals surface area (Å²) in [6.07, 6.45) is 0. The molecule has 0 radical (unpaired) electrons. The van der Waals surface area contributed by atoms with E-state index in [-0.39, 0.29) is 18.9 Å². The van der Waals surface area contributed by atoms with Crippen molar-refractivity contribution in [3.8, 4) is 0 Å². The third-order valence-corrected chi connectivity index (χ3v) is 3.31. The summed E-state index contributed by atoms with van der Waals surface area (Å²) in [7, 11) is -3.38. The van der Waals surface area contributed by atoms with E-state index < -0.39 is 21.9 Å². The van der Waals surface area contributed by atoms with Crippen LogP contribution in [0.5, 0.6) is 0 Å². The summed E-state index contributed by atoms with van der Waals surface area (Å²) in [6, 6.07) is 0. The maximum atomic E-state index is 11.4. The lowest BCUT2D eigenvalue weighted by atomic mass is 10.2. The topological polar surface area (TPSA) is 81.7 Å². The first kappa shape index (κ1) is 16.3. The van der Waals surface area contributed by atoms with Crippen molar-refractivity contribution in [3.05, 3.63) is 0 Å². The van der Waals surface area contributed by atoms with Gasteiger partial charge in [-0.3, -0.25) is 4.79 Å². The predicted octanol–water partition coefficient (Wildman–Crippen LogP) is 0.142. The molecule has 0 heterocycles. The molecule has 1 atom stereocenters. The fourth-order valence-corrected chi connectivity index (χ4v) is 1.99. The van der Waals surface area contributed by atoms with E-state index in [4.69, 9.17) is 9.47 Å². The minimum absolute atomic E-state index is 0.0489. The molecule has 0 saturated carbocycles. The van der Waals surface area contributed by atoms with Crippen molar-refractivity contribution < 1.29 is 22.7 Å². The lowest BCUT2D eigenvalue weighted by Gasteiger charge is -2.11. The summed E-state index contributed by atoms with van der Waals surface area (Å²) >= 11 is 0. The number of carbonyl (C=O) groups excluding carboxylic acids is 1. The van der Waals surface area contributed by atoms with E-state index in [1.807, 2.05) is 0 Å². The number of carbonyl (C=O) groups is 1. The molecular formula is C10H21NO5S. The summed E-state index contributed by atoms with van der Waals surface area (Å²) in [4.78, 5) is 11.2. The van der Waals surface area contributed by atoms with E-state index in [9.17, 15) is 13.2 Å². The second kappa shape index (κ2) is 8.43. The van der Waals surface area contributed by atoms with Gasteiger partial charge in [0, 0.05) is 13.2 Å². The van der Waals surface area contributed by atoms with E-state index in [1.165, 1.54) is 0 Å². The third-order valence-electron chi connectivity index (χ3n) is 2.00. The van der Waals surface area contributed by atoms with E-state index in [2.05, 4.69) is 4.72 Å².